The van der Waals surface area contributed by atoms with Crippen molar-refractivity contribution in [2.75, 3.05) is 6.61 Å². The Bertz CT molecular complexity index is 1240. The lowest BCUT2D eigenvalue weighted by atomic mass is 9.89. The van der Waals surface area contributed by atoms with Crippen molar-refractivity contribution in [3.63, 3.8) is 0 Å². The van der Waals surface area contributed by atoms with Gasteiger partial charge in [0.05, 0.1) is 24.2 Å². The molecular formula is C28H31N3O2. The summed E-state index contributed by atoms with van der Waals surface area (Å²) in [6.45, 7) is 1.89. The smallest absolute Gasteiger partial charge is 0.223 e. The van der Waals surface area contributed by atoms with Crippen LogP contribution in [0.2, 0.25) is 0 Å². The maximum atomic E-state index is 12.6. The van der Waals surface area contributed by atoms with E-state index in [2.05, 4.69) is 40.2 Å². The number of amides is 1. The van der Waals surface area contributed by atoms with Crippen LogP contribution in [0.3, 0.4) is 0 Å². The zero-order valence-electron chi connectivity index (χ0n) is 19.0. The first-order chi connectivity index (χ1) is 16.3. The molecule has 4 aromatic rings. The molecule has 33 heavy (non-hydrogen) atoms. The lowest BCUT2D eigenvalue weighted by Crippen LogP contribution is -2.32. The molecule has 1 fully saturated rings. The van der Waals surface area contributed by atoms with Crippen molar-refractivity contribution in [1.82, 2.24) is 14.9 Å². The standard InChI is InChI=1S/C28H31N3O2/c32-28(22-10-2-1-3-11-22)29-20-27-30-25-13-6-7-14-26(25)31(27)17-8-18-33-24-16-15-21-9-4-5-12-23(21)19-24/h4-7,9,12-16,19,22H,1-3,8,10-11,17-18,20H2,(H,29,32). The summed E-state index contributed by atoms with van der Waals surface area (Å²) in [7, 11) is 0. The van der Waals surface area contributed by atoms with E-state index in [0.29, 0.717) is 13.2 Å². The predicted octanol–water partition coefficient (Wildman–Crippen LogP) is 5.86. The molecule has 0 radical (unpaired) electrons. The summed E-state index contributed by atoms with van der Waals surface area (Å²) in [4.78, 5) is 17.4. The van der Waals surface area contributed by atoms with Gasteiger partial charge in [-0.25, -0.2) is 4.98 Å². The summed E-state index contributed by atoms with van der Waals surface area (Å²) in [5, 5.41) is 5.55. The first kappa shape index (κ1) is 21.5. The monoisotopic (exact) mass is 441 g/mol. The second kappa shape index (κ2) is 10.1. The molecule has 0 unspecified atom stereocenters. The minimum atomic E-state index is 0.159. The van der Waals surface area contributed by atoms with Crippen LogP contribution < -0.4 is 10.1 Å². The number of para-hydroxylation sites is 2. The van der Waals surface area contributed by atoms with E-state index in [1.165, 1.54) is 17.2 Å². The number of benzene rings is 3. The van der Waals surface area contributed by atoms with Gasteiger partial charge >= 0.3 is 0 Å². The van der Waals surface area contributed by atoms with Crippen molar-refractivity contribution in [3.05, 3.63) is 72.6 Å². The number of fused-ring (bicyclic) bond motifs is 2. The summed E-state index contributed by atoms with van der Waals surface area (Å²) < 4.78 is 8.26. The van der Waals surface area contributed by atoms with Crippen LogP contribution in [0.15, 0.2) is 66.7 Å². The van der Waals surface area contributed by atoms with Crippen LogP contribution in [0, 0.1) is 5.92 Å². The Morgan fingerprint density at radius 3 is 2.64 bits per heavy atom. The molecule has 0 bridgehead atoms. The van der Waals surface area contributed by atoms with Gasteiger partial charge in [-0.3, -0.25) is 4.79 Å². The number of nitrogens with zero attached hydrogens (tertiary/aromatic N) is 2. The second-order valence-corrected chi connectivity index (χ2v) is 8.93. The number of carbonyl (C=O) groups excluding carboxylic acids is 1. The predicted molar refractivity (Wildman–Crippen MR) is 132 cm³/mol. The van der Waals surface area contributed by atoms with E-state index in [1.807, 2.05) is 36.4 Å². The fourth-order valence-corrected chi connectivity index (χ4v) is 4.86. The van der Waals surface area contributed by atoms with Crippen molar-refractivity contribution in [3.8, 4) is 5.75 Å². The molecular weight excluding hydrogens is 410 g/mol. The topological polar surface area (TPSA) is 56.2 Å². The van der Waals surface area contributed by atoms with Gasteiger partial charge in [-0.15, -0.1) is 0 Å². The summed E-state index contributed by atoms with van der Waals surface area (Å²) in [5.74, 6) is 2.13. The normalized spacial score (nSPS) is 14.5. The number of carbonyl (C=O) groups is 1. The molecule has 5 heteroatoms. The van der Waals surface area contributed by atoms with Crippen LogP contribution in [0.4, 0.5) is 0 Å². The summed E-state index contributed by atoms with van der Waals surface area (Å²) in [5.41, 5.74) is 2.07. The van der Waals surface area contributed by atoms with Gasteiger partial charge in [-0.1, -0.05) is 61.7 Å². The van der Waals surface area contributed by atoms with E-state index in [-0.39, 0.29) is 11.8 Å². The van der Waals surface area contributed by atoms with Gasteiger partial charge in [0.2, 0.25) is 5.91 Å². The highest BCUT2D eigenvalue weighted by atomic mass is 16.5. The maximum absolute atomic E-state index is 12.6. The molecule has 0 spiro atoms. The molecule has 1 heterocycles. The number of hydrogen-bond donors (Lipinski definition) is 1. The number of aromatic nitrogens is 2. The fraction of sp³-hybridized carbons (Fsp3) is 0.357. The van der Waals surface area contributed by atoms with Crippen LogP contribution in [-0.4, -0.2) is 22.1 Å². The molecule has 170 valence electrons. The van der Waals surface area contributed by atoms with Crippen molar-refractivity contribution in [2.45, 2.75) is 51.6 Å². The largest absolute Gasteiger partial charge is 0.494 e. The van der Waals surface area contributed by atoms with Crippen LogP contribution >= 0.6 is 0 Å². The summed E-state index contributed by atoms with van der Waals surface area (Å²) in [6, 6.07) is 22.7. The minimum absolute atomic E-state index is 0.159. The van der Waals surface area contributed by atoms with E-state index in [4.69, 9.17) is 9.72 Å². The van der Waals surface area contributed by atoms with E-state index in [1.54, 1.807) is 0 Å². The van der Waals surface area contributed by atoms with Gasteiger partial charge in [-0.05, 0) is 54.3 Å². The van der Waals surface area contributed by atoms with Crippen molar-refractivity contribution in [1.29, 1.82) is 0 Å². The highest BCUT2D eigenvalue weighted by Crippen LogP contribution is 2.24. The van der Waals surface area contributed by atoms with E-state index in [0.717, 1.165) is 61.3 Å². The lowest BCUT2D eigenvalue weighted by molar-refractivity contribution is -0.126. The van der Waals surface area contributed by atoms with Crippen LogP contribution in [0.1, 0.15) is 44.3 Å². The Labute approximate surface area is 194 Å². The van der Waals surface area contributed by atoms with E-state index >= 15 is 0 Å². The highest BCUT2D eigenvalue weighted by molar-refractivity contribution is 5.83. The van der Waals surface area contributed by atoms with Gasteiger partial charge in [0.15, 0.2) is 0 Å². The minimum Gasteiger partial charge on any atom is -0.494 e. The van der Waals surface area contributed by atoms with Gasteiger partial charge in [-0.2, -0.15) is 0 Å². The van der Waals surface area contributed by atoms with Crippen molar-refractivity contribution >= 4 is 27.7 Å². The Hall–Kier alpha value is -3.34. The number of nitrogens with one attached hydrogen (secondary N) is 1. The molecule has 3 aromatic carbocycles. The van der Waals surface area contributed by atoms with E-state index in [9.17, 15) is 4.79 Å². The first-order valence-corrected chi connectivity index (χ1v) is 12.1. The molecule has 0 saturated heterocycles. The van der Waals surface area contributed by atoms with Gasteiger partial charge < -0.3 is 14.6 Å². The number of aryl methyl sites for hydroxylation is 1. The van der Waals surface area contributed by atoms with Gasteiger partial charge in [0, 0.05) is 12.5 Å². The van der Waals surface area contributed by atoms with Crippen LogP contribution in [0.25, 0.3) is 21.8 Å². The molecule has 1 amide bonds. The van der Waals surface area contributed by atoms with Crippen LogP contribution in [-0.2, 0) is 17.9 Å². The van der Waals surface area contributed by atoms with Crippen molar-refractivity contribution in [2.24, 2.45) is 5.92 Å². The third kappa shape index (κ3) is 5.03. The van der Waals surface area contributed by atoms with E-state index < -0.39 is 0 Å². The maximum Gasteiger partial charge on any atom is 0.223 e. The number of ether oxygens (including phenoxy) is 1. The first-order valence-electron chi connectivity index (χ1n) is 12.1. The molecule has 1 aliphatic carbocycles. The SMILES string of the molecule is O=C(NCc1nc2ccccc2n1CCCOc1ccc2ccccc2c1)C1CCCCC1. The Morgan fingerprint density at radius 2 is 1.76 bits per heavy atom. The molecule has 1 N–H and O–H groups in total. The lowest BCUT2D eigenvalue weighted by Gasteiger charge is -2.20. The number of rotatable bonds is 8. The zero-order chi connectivity index (χ0) is 22.5. The Kier molecular flexibility index (Phi) is 6.56. The van der Waals surface area contributed by atoms with Gasteiger partial charge in [0.25, 0.3) is 0 Å². The average Bonchev–Trinajstić information content (AvgIpc) is 3.23. The third-order valence-corrected chi connectivity index (χ3v) is 6.65. The second-order valence-electron chi connectivity index (χ2n) is 8.93. The molecule has 1 saturated carbocycles. The average molecular weight is 442 g/mol. The Balaban J connectivity index is 1.22. The molecule has 1 aliphatic rings. The third-order valence-electron chi connectivity index (χ3n) is 6.65. The Morgan fingerprint density at radius 1 is 0.970 bits per heavy atom. The summed E-state index contributed by atoms with van der Waals surface area (Å²) in [6.07, 6.45) is 6.45. The summed E-state index contributed by atoms with van der Waals surface area (Å²) >= 11 is 0. The fourth-order valence-electron chi connectivity index (χ4n) is 4.86. The quantitative estimate of drug-likeness (QED) is 0.349. The molecule has 1 aromatic heterocycles. The molecule has 5 nitrogen and oxygen atoms in total. The molecule has 0 atom stereocenters. The van der Waals surface area contributed by atoms with Crippen molar-refractivity contribution < 1.29 is 9.53 Å². The van der Waals surface area contributed by atoms with Crippen LogP contribution in [0.5, 0.6) is 5.75 Å². The molecule has 5 rings (SSSR count). The highest BCUT2D eigenvalue weighted by Gasteiger charge is 2.21. The number of imidazole rings is 1. The zero-order valence-corrected chi connectivity index (χ0v) is 19.0. The van der Waals surface area contributed by atoms with Gasteiger partial charge in [0.1, 0.15) is 11.6 Å². The number of hydrogen-bond acceptors (Lipinski definition) is 3. The molecule has 0 aliphatic heterocycles.